The van der Waals surface area contributed by atoms with Crippen molar-refractivity contribution in [3.8, 4) is 0 Å². The van der Waals surface area contributed by atoms with E-state index in [0.717, 1.165) is 44.9 Å². The van der Waals surface area contributed by atoms with Crippen molar-refractivity contribution in [3.05, 3.63) is 0 Å². The summed E-state index contributed by atoms with van der Waals surface area (Å²) in [6, 6.07) is 1.20. The first-order valence-electron chi connectivity index (χ1n) is 8.08. The fourth-order valence-electron chi connectivity index (χ4n) is 3.90. The predicted octanol–water partition coefficient (Wildman–Crippen LogP) is 1.12. The van der Waals surface area contributed by atoms with Gasteiger partial charge in [-0.2, -0.15) is 0 Å². The van der Waals surface area contributed by atoms with E-state index in [0.29, 0.717) is 6.04 Å². The van der Waals surface area contributed by atoms with Crippen molar-refractivity contribution in [3.63, 3.8) is 0 Å². The summed E-state index contributed by atoms with van der Waals surface area (Å²) < 4.78 is 0. The van der Waals surface area contributed by atoms with Gasteiger partial charge in [0.15, 0.2) is 0 Å². The highest BCUT2D eigenvalue weighted by atomic mass is 16.2. The Balaban J connectivity index is 1.44. The van der Waals surface area contributed by atoms with Gasteiger partial charge in [0.05, 0.1) is 5.92 Å². The van der Waals surface area contributed by atoms with Gasteiger partial charge in [-0.3, -0.25) is 9.69 Å². The Hall–Kier alpha value is -0.610. The van der Waals surface area contributed by atoms with Crippen molar-refractivity contribution < 1.29 is 4.79 Å². The first kappa shape index (κ1) is 13.4. The summed E-state index contributed by atoms with van der Waals surface area (Å²) in [6.45, 7) is 4.20. The third kappa shape index (κ3) is 3.29. The van der Waals surface area contributed by atoms with Gasteiger partial charge in [-0.05, 0) is 38.6 Å². The number of likely N-dealkylation sites (tertiary alicyclic amines) is 1. The fourth-order valence-corrected chi connectivity index (χ4v) is 3.90. The van der Waals surface area contributed by atoms with E-state index in [1.807, 2.05) is 0 Å². The molecule has 2 saturated heterocycles. The number of nitrogens with one attached hydrogen (secondary N) is 2. The quantitative estimate of drug-likeness (QED) is 0.804. The highest BCUT2D eigenvalue weighted by molar-refractivity contribution is 5.79. The molecule has 108 valence electrons. The van der Waals surface area contributed by atoms with Crippen LogP contribution in [-0.2, 0) is 4.79 Å². The Kier molecular flexibility index (Phi) is 4.38. The highest BCUT2D eigenvalue weighted by Crippen LogP contribution is 2.26. The zero-order chi connectivity index (χ0) is 13.1. The van der Waals surface area contributed by atoms with Gasteiger partial charge in [-0.15, -0.1) is 0 Å². The molecule has 0 bridgehead atoms. The van der Waals surface area contributed by atoms with Crippen LogP contribution >= 0.6 is 0 Å². The zero-order valence-corrected chi connectivity index (χ0v) is 11.9. The molecule has 0 aromatic heterocycles. The summed E-state index contributed by atoms with van der Waals surface area (Å²) in [7, 11) is 0. The Labute approximate surface area is 116 Å². The lowest BCUT2D eigenvalue weighted by Gasteiger charge is -2.25. The molecule has 3 rings (SSSR count). The van der Waals surface area contributed by atoms with Crippen LogP contribution < -0.4 is 10.6 Å². The van der Waals surface area contributed by atoms with Gasteiger partial charge in [-0.1, -0.05) is 12.8 Å². The number of carbonyl (C=O) groups is 1. The van der Waals surface area contributed by atoms with Gasteiger partial charge >= 0.3 is 0 Å². The van der Waals surface area contributed by atoms with Crippen LogP contribution in [0.2, 0.25) is 0 Å². The van der Waals surface area contributed by atoms with Gasteiger partial charge in [0.25, 0.3) is 0 Å². The number of carbonyl (C=O) groups excluding carboxylic acids is 1. The smallest absolute Gasteiger partial charge is 0.224 e. The van der Waals surface area contributed by atoms with Crippen molar-refractivity contribution in [1.82, 2.24) is 15.5 Å². The molecule has 4 nitrogen and oxygen atoms in total. The normalized spacial score (nSPS) is 33.7. The molecule has 1 amide bonds. The second-order valence-corrected chi connectivity index (χ2v) is 6.47. The van der Waals surface area contributed by atoms with Crippen LogP contribution in [0.3, 0.4) is 0 Å². The van der Waals surface area contributed by atoms with Gasteiger partial charge in [0, 0.05) is 31.7 Å². The topological polar surface area (TPSA) is 44.4 Å². The van der Waals surface area contributed by atoms with E-state index in [-0.39, 0.29) is 11.8 Å². The molecule has 2 unspecified atom stereocenters. The molecule has 19 heavy (non-hydrogen) atoms. The summed E-state index contributed by atoms with van der Waals surface area (Å²) in [6.07, 6.45) is 8.86. The van der Waals surface area contributed by atoms with Crippen molar-refractivity contribution >= 4 is 5.91 Å². The summed E-state index contributed by atoms with van der Waals surface area (Å²) in [4.78, 5) is 14.8. The van der Waals surface area contributed by atoms with E-state index in [1.165, 1.54) is 32.2 Å². The average Bonchev–Trinajstić information content (AvgIpc) is 3.10. The van der Waals surface area contributed by atoms with E-state index >= 15 is 0 Å². The number of amides is 1. The van der Waals surface area contributed by atoms with Crippen molar-refractivity contribution in [2.75, 3.05) is 26.2 Å². The van der Waals surface area contributed by atoms with Crippen LogP contribution in [0.1, 0.15) is 44.9 Å². The van der Waals surface area contributed by atoms with E-state index in [9.17, 15) is 4.79 Å². The van der Waals surface area contributed by atoms with Gasteiger partial charge in [0.1, 0.15) is 0 Å². The van der Waals surface area contributed by atoms with E-state index in [1.54, 1.807) is 0 Å². The molecule has 0 aromatic rings. The largest absolute Gasteiger partial charge is 0.352 e. The van der Waals surface area contributed by atoms with E-state index < -0.39 is 0 Å². The third-order valence-corrected chi connectivity index (χ3v) is 5.07. The highest BCUT2D eigenvalue weighted by Gasteiger charge is 2.31. The molecule has 2 heterocycles. The maximum absolute atomic E-state index is 12.2. The molecule has 3 aliphatic rings. The molecule has 0 spiro atoms. The van der Waals surface area contributed by atoms with E-state index in [2.05, 4.69) is 15.5 Å². The molecule has 2 atom stereocenters. The predicted molar refractivity (Wildman–Crippen MR) is 76.0 cm³/mol. The Morgan fingerprint density at radius 2 is 1.95 bits per heavy atom. The SMILES string of the molecule is O=C(NC1CCN(C2CCCC2)C1)C1CCCNC1. The number of nitrogens with zero attached hydrogens (tertiary/aromatic N) is 1. The van der Waals surface area contributed by atoms with Crippen LogP contribution in [0, 0.1) is 5.92 Å². The molecule has 2 aliphatic heterocycles. The molecular formula is C15H27N3O. The van der Waals surface area contributed by atoms with Gasteiger partial charge in [0.2, 0.25) is 5.91 Å². The number of rotatable bonds is 3. The second-order valence-electron chi connectivity index (χ2n) is 6.47. The number of hydrogen-bond acceptors (Lipinski definition) is 3. The molecule has 4 heteroatoms. The first-order chi connectivity index (χ1) is 9.33. The lowest BCUT2D eigenvalue weighted by molar-refractivity contribution is -0.126. The summed E-state index contributed by atoms with van der Waals surface area (Å²) in [5, 5.41) is 6.60. The summed E-state index contributed by atoms with van der Waals surface area (Å²) in [5.74, 6) is 0.486. The Bertz CT molecular complexity index is 309. The minimum absolute atomic E-state index is 0.203. The number of hydrogen-bond donors (Lipinski definition) is 2. The molecule has 1 saturated carbocycles. The van der Waals surface area contributed by atoms with E-state index in [4.69, 9.17) is 0 Å². The Morgan fingerprint density at radius 3 is 2.68 bits per heavy atom. The Morgan fingerprint density at radius 1 is 1.11 bits per heavy atom. The molecule has 0 aromatic carbocycles. The van der Waals surface area contributed by atoms with Crippen LogP contribution in [0.25, 0.3) is 0 Å². The lowest BCUT2D eigenvalue weighted by Crippen LogP contribution is -2.45. The maximum atomic E-state index is 12.2. The zero-order valence-electron chi connectivity index (χ0n) is 11.9. The van der Waals surface area contributed by atoms with Crippen molar-refractivity contribution in [2.45, 2.75) is 57.0 Å². The maximum Gasteiger partial charge on any atom is 0.224 e. The molecule has 3 fully saturated rings. The van der Waals surface area contributed by atoms with Crippen LogP contribution in [-0.4, -0.2) is 49.1 Å². The van der Waals surface area contributed by atoms with Gasteiger partial charge in [-0.25, -0.2) is 0 Å². The average molecular weight is 265 g/mol. The first-order valence-corrected chi connectivity index (χ1v) is 8.08. The number of piperidine rings is 1. The molecule has 1 aliphatic carbocycles. The van der Waals surface area contributed by atoms with Gasteiger partial charge < -0.3 is 10.6 Å². The summed E-state index contributed by atoms with van der Waals surface area (Å²) >= 11 is 0. The summed E-state index contributed by atoms with van der Waals surface area (Å²) in [5.41, 5.74) is 0. The van der Waals surface area contributed by atoms with Crippen LogP contribution in [0.15, 0.2) is 0 Å². The third-order valence-electron chi connectivity index (χ3n) is 5.07. The van der Waals surface area contributed by atoms with Crippen molar-refractivity contribution in [2.24, 2.45) is 5.92 Å². The van der Waals surface area contributed by atoms with Crippen LogP contribution in [0.4, 0.5) is 0 Å². The monoisotopic (exact) mass is 265 g/mol. The lowest BCUT2D eigenvalue weighted by atomic mass is 9.98. The standard InChI is InChI=1S/C15H27N3O/c19-15(12-4-3-8-16-10-12)17-13-7-9-18(11-13)14-5-1-2-6-14/h12-14,16H,1-11H2,(H,17,19). The minimum atomic E-state index is 0.203. The molecule has 0 radical (unpaired) electrons. The molecular weight excluding hydrogens is 238 g/mol. The minimum Gasteiger partial charge on any atom is -0.352 e. The van der Waals surface area contributed by atoms with Crippen LogP contribution in [0.5, 0.6) is 0 Å². The second kappa shape index (κ2) is 6.23. The molecule has 2 N–H and O–H groups in total. The fraction of sp³-hybridized carbons (Fsp3) is 0.933. The van der Waals surface area contributed by atoms with Crippen molar-refractivity contribution in [1.29, 1.82) is 0 Å².